The largest absolute Gasteiger partial charge is 0.273 e. The van der Waals surface area contributed by atoms with E-state index in [1.54, 1.807) is 0 Å². The van der Waals surface area contributed by atoms with Crippen molar-refractivity contribution in [3.8, 4) is 0 Å². The second-order valence-corrected chi connectivity index (χ2v) is 6.72. The lowest BCUT2D eigenvalue weighted by Gasteiger charge is -2.07. The van der Waals surface area contributed by atoms with Gasteiger partial charge in [0.2, 0.25) is 5.91 Å². The molecule has 25 heavy (non-hydrogen) atoms. The van der Waals surface area contributed by atoms with Crippen molar-refractivity contribution in [3.63, 3.8) is 0 Å². The Balaban J connectivity index is 1.62. The number of benzene rings is 2. The van der Waals surface area contributed by atoms with Crippen LogP contribution in [0.5, 0.6) is 0 Å². The van der Waals surface area contributed by atoms with Crippen LogP contribution in [0.4, 0.5) is 0 Å². The van der Waals surface area contributed by atoms with Gasteiger partial charge in [-0.1, -0.05) is 80.4 Å². The summed E-state index contributed by atoms with van der Waals surface area (Å²) in [6.45, 7) is 2.19. The van der Waals surface area contributed by atoms with Crippen LogP contribution in [0, 0.1) is 5.92 Å². The van der Waals surface area contributed by atoms with E-state index in [1.165, 1.54) is 18.4 Å². The van der Waals surface area contributed by atoms with E-state index >= 15 is 0 Å². The summed E-state index contributed by atoms with van der Waals surface area (Å²) in [5, 5.41) is 4.47. The van der Waals surface area contributed by atoms with Gasteiger partial charge in [0.05, 0.1) is 5.71 Å². The van der Waals surface area contributed by atoms with Gasteiger partial charge < -0.3 is 0 Å². The number of unbranched alkanes of at least 4 members (excludes halogenated alkanes) is 2. The molecule has 1 saturated carbocycles. The van der Waals surface area contributed by atoms with Gasteiger partial charge in [-0.05, 0) is 36.3 Å². The Morgan fingerprint density at radius 1 is 1.04 bits per heavy atom. The first-order valence-corrected chi connectivity index (χ1v) is 9.26. The predicted molar refractivity (Wildman–Crippen MR) is 103 cm³/mol. The van der Waals surface area contributed by atoms with Gasteiger partial charge in [0.15, 0.2) is 0 Å². The quantitative estimate of drug-likeness (QED) is 0.417. The molecular weight excluding hydrogens is 308 g/mol. The lowest BCUT2D eigenvalue weighted by molar-refractivity contribution is -0.122. The molecule has 1 N–H and O–H groups in total. The smallest absolute Gasteiger partial charge is 0.243 e. The zero-order valence-electron chi connectivity index (χ0n) is 14.8. The maximum absolute atomic E-state index is 12.4. The zero-order chi connectivity index (χ0) is 17.5. The molecule has 0 heterocycles. The summed E-state index contributed by atoms with van der Waals surface area (Å²) in [6, 6.07) is 20.4. The van der Waals surface area contributed by atoms with Crippen LogP contribution in [0.3, 0.4) is 0 Å². The van der Waals surface area contributed by atoms with Crippen LogP contribution in [0.2, 0.25) is 0 Å². The Bertz CT molecular complexity index is 709. The first-order valence-electron chi connectivity index (χ1n) is 9.26. The van der Waals surface area contributed by atoms with Gasteiger partial charge in [-0.3, -0.25) is 4.79 Å². The monoisotopic (exact) mass is 334 g/mol. The normalized spacial score (nSPS) is 19.5. The predicted octanol–water partition coefficient (Wildman–Crippen LogP) is 4.89. The zero-order valence-corrected chi connectivity index (χ0v) is 14.8. The Labute approximate surface area is 150 Å². The van der Waals surface area contributed by atoms with E-state index in [0.717, 1.165) is 30.5 Å². The third-order valence-electron chi connectivity index (χ3n) is 4.78. The maximum Gasteiger partial charge on any atom is 0.243 e. The van der Waals surface area contributed by atoms with Crippen molar-refractivity contribution in [2.45, 2.75) is 44.9 Å². The fourth-order valence-electron chi connectivity index (χ4n) is 3.20. The Hall–Kier alpha value is -2.42. The molecule has 3 nitrogen and oxygen atoms in total. The van der Waals surface area contributed by atoms with Gasteiger partial charge in [-0.25, -0.2) is 5.43 Å². The molecule has 2 aromatic rings. The highest BCUT2D eigenvalue weighted by Crippen LogP contribution is 2.47. The number of carbonyl (C=O) groups excluding carboxylic acids is 1. The van der Waals surface area contributed by atoms with Crippen LogP contribution in [0.25, 0.3) is 0 Å². The fraction of sp³-hybridized carbons (Fsp3) is 0.364. The third kappa shape index (κ3) is 4.79. The summed E-state index contributed by atoms with van der Waals surface area (Å²) in [4.78, 5) is 12.4. The summed E-state index contributed by atoms with van der Waals surface area (Å²) < 4.78 is 0. The molecule has 2 atom stereocenters. The molecule has 130 valence electrons. The van der Waals surface area contributed by atoms with Crippen LogP contribution >= 0.6 is 0 Å². The molecule has 3 heteroatoms. The summed E-state index contributed by atoms with van der Waals surface area (Å²) in [5.41, 5.74) is 6.13. The van der Waals surface area contributed by atoms with Gasteiger partial charge in [-0.15, -0.1) is 0 Å². The number of nitrogens with zero attached hydrogens (tertiary/aromatic N) is 1. The molecule has 0 aliphatic heterocycles. The second-order valence-electron chi connectivity index (χ2n) is 6.72. The molecule has 0 unspecified atom stereocenters. The minimum atomic E-state index is 0.0396. The average Bonchev–Trinajstić information content (AvgIpc) is 3.47. The standard InChI is InChI=1S/C22H26N2O/c1-2-3-6-15-21(18-13-9-5-10-14-18)23-24-22(25)20-16-19(20)17-11-7-4-8-12-17/h4-5,7-14,19-20H,2-3,6,15-16H2,1H3,(H,24,25)/t19-,20-/m1/s1. The average molecular weight is 334 g/mol. The molecule has 1 fully saturated rings. The van der Waals surface area contributed by atoms with Gasteiger partial charge in [0, 0.05) is 5.92 Å². The maximum atomic E-state index is 12.4. The van der Waals surface area contributed by atoms with Gasteiger partial charge in [-0.2, -0.15) is 5.10 Å². The fourth-order valence-corrected chi connectivity index (χ4v) is 3.20. The Morgan fingerprint density at radius 3 is 2.40 bits per heavy atom. The Kier molecular flexibility index (Phi) is 5.99. The van der Waals surface area contributed by atoms with Gasteiger partial charge in [0.1, 0.15) is 0 Å². The molecule has 1 amide bonds. The van der Waals surface area contributed by atoms with Crippen LogP contribution in [0.1, 0.15) is 56.1 Å². The molecule has 0 aromatic heterocycles. The number of hydrogen-bond donors (Lipinski definition) is 1. The molecule has 2 aromatic carbocycles. The van der Waals surface area contributed by atoms with Crippen molar-refractivity contribution in [1.29, 1.82) is 0 Å². The lowest BCUT2D eigenvalue weighted by atomic mass is 10.0. The Morgan fingerprint density at radius 2 is 1.72 bits per heavy atom. The van der Waals surface area contributed by atoms with Gasteiger partial charge >= 0.3 is 0 Å². The van der Waals surface area contributed by atoms with Crippen molar-refractivity contribution in [1.82, 2.24) is 5.43 Å². The van der Waals surface area contributed by atoms with Gasteiger partial charge in [0.25, 0.3) is 0 Å². The number of carbonyl (C=O) groups is 1. The molecule has 1 aliphatic carbocycles. The molecule has 1 aliphatic rings. The summed E-state index contributed by atoms with van der Waals surface area (Å²) in [6.07, 6.45) is 5.26. The van der Waals surface area contributed by atoms with E-state index in [1.807, 2.05) is 36.4 Å². The minimum absolute atomic E-state index is 0.0396. The van der Waals surface area contributed by atoms with E-state index in [-0.39, 0.29) is 11.8 Å². The highest BCUT2D eigenvalue weighted by molar-refractivity contribution is 6.01. The lowest BCUT2D eigenvalue weighted by Crippen LogP contribution is -2.22. The van der Waals surface area contributed by atoms with Crippen LogP contribution in [-0.2, 0) is 4.79 Å². The molecule has 0 spiro atoms. The number of hydrogen-bond acceptors (Lipinski definition) is 2. The first-order chi connectivity index (χ1) is 12.3. The molecule has 0 saturated heterocycles. The van der Waals surface area contributed by atoms with Crippen molar-refractivity contribution >= 4 is 11.6 Å². The van der Waals surface area contributed by atoms with Crippen LogP contribution < -0.4 is 5.43 Å². The number of rotatable bonds is 8. The number of amides is 1. The van der Waals surface area contributed by atoms with E-state index in [4.69, 9.17) is 0 Å². The molecule has 0 bridgehead atoms. The summed E-state index contributed by atoms with van der Waals surface area (Å²) in [5.74, 6) is 0.438. The first kappa shape index (κ1) is 17.4. The van der Waals surface area contributed by atoms with Crippen molar-refractivity contribution in [2.24, 2.45) is 11.0 Å². The van der Waals surface area contributed by atoms with Crippen molar-refractivity contribution < 1.29 is 4.79 Å². The molecule has 3 rings (SSSR count). The van der Waals surface area contributed by atoms with Crippen LogP contribution in [-0.4, -0.2) is 11.6 Å². The van der Waals surface area contributed by atoms with E-state index in [2.05, 4.69) is 41.7 Å². The highest BCUT2D eigenvalue weighted by atomic mass is 16.2. The van der Waals surface area contributed by atoms with E-state index < -0.39 is 0 Å². The minimum Gasteiger partial charge on any atom is -0.273 e. The van der Waals surface area contributed by atoms with E-state index in [0.29, 0.717) is 5.92 Å². The summed E-state index contributed by atoms with van der Waals surface area (Å²) in [7, 11) is 0. The molecular formula is C22H26N2O. The number of hydrazone groups is 1. The van der Waals surface area contributed by atoms with E-state index in [9.17, 15) is 4.79 Å². The number of nitrogens with one attached hydrogen (secondary N) is 1. The molecule has 0 radical (unpaired) electrons. The third-order valence-corrected chi connectivity index (χ3v) is 4.78. The topological polar surface area (TPSA) is 41.5 Å². The SMILES string of the molecule is CCCCCC(=NNC(=O)[C@@H]1C[C@@H]1c1ccccc1)c1ccccc1. The van der Waals surface area contributed by atoms with Crippen molar-refractivity contribution in [3.05, 3.63) is 71.8 Å². The second kappa shape index (κ2) is 8.61. The highest BCUT2D eigenvalue weighted by Gasteiger charge is 2.43. The summed E-state index contributed by atoms with van der Waals surface area (Å²) >= 11 is 0. The van der Waals surface area contributed by atoms with Crippen molar-refractivity contribution in [2.75, 3.05) is 0 Å². The van der Waals surface area contributed by atoms with Crippen LogP contribution in [0.15, 0.2) is 65.8 Å².